The average molecular weight is 449 g/mol. The Labute approximate surface area is 184 Å². The standard InChI is InChI=1S/C22H25F2N3O5/c1-12(2)26-19(28)11-32-17-8-6-14(10-18(17)31-4)21(29)27-20(22(30)25-3)13-5-7-15(23)16(24)9-13/h5-10,12,20H,11H2,1-4H3,(H,25,30)(H,26,28)(H,27,29). The molecule has 0 aromatic heterocycles. The minimum Gasteiger partial charge on any atom is -0.493 e. The number of carbonyl (C=O) groups is 3. The number of halogens is 2. The second-order valence-corrected chi connectivity index (χ2v) is 7.07. The molecule has 10 heteroatoms. The van der Waals surface area contributed by atoms with Crippen molar-refractivity contribution in [2.45, 2.75) is 25.9 Å². The highest BCUT2D eigenvalue weighted by atomic mass is 19.2. The van der Waals surface area contributed by atoms with Gasteiger partial charge in [0.25, 0.3) is 11.8 Å². The predicted octanol–water partition coefficient (Wildman–Crippen LogP) is 2.09. The fourth-order valence-electron chi connectivity index (χ4n) is 2.79. The lowest BCUT2D eigenvalue weighted by Gasteiger charge is -2.18. The number of nitrogens with one attached hydrogen (secondary N) is 3. The normalized spacial score (nSPS) is 11.5. The van der Waals surface area contributed by atoms with Crippen molar-refractivity contribution < 1.29 is 32.6 Å². The zero-order valence-electron chi connectivity index (χ0n) is 18.1. The first-order chi connectivity index (χ1) is 15.2. The number of hydrogen-bond acceptors (Lipinski definition) is 5. The summed E-state index contributed by atoms with van der Waals surface area (Å²) in [6.45, 7) is 3.39. The number of benzene rings is 2. The average Bonchev–Trinajstić information content (AvgIpc) is 2.76. The van der Waals surface area contributed by atoms with E-state index in [4.69, 9.17) is 9.47 Å². The zero-order valence-corrected chi connectivity index (χ0v) is 18.1. The van der Waals surface area contributed by atoms with Crippen LogP contribution in [0.5, 0.6) is 11.5 Å². The lowest BCUT2D eigenvalue weighted by molar-refractivity contribution is -0.124. The Balaban J connectivity index is 2.20. The highest BCUT2D eigenvalue weighted by Crippen LogP contribution is 2.28. The Morgan fingerprint density at radius 1 is 0.969 bits per heavy atom. The highest BCUT2D eigenvalue weighted by Gasteiger charge is 2.24. The summed E-state index contributed by atoms with van der Waals surface area (Å²) in [4.78, 5) is 36.8. The van der Waals surface area contributed by atoms with Gasteiger partial charge in [0.05, 0.1) is 7.11 Å². The molecule has 8 nitrogen and oxygen atoms in total. The monoisotopic (exact) mass is 449 g/mol. The lowest BCUT2D eigenvalue weighted by Crippen LogP contribution is -2.39. The van der Waals surface area contributed by atoms with Crippen molar-refractivity contribution in [1.82, 2.24) is 16.0 Å². The molecule has 0 bridgehead atoms. The van der Waals surface area contributed by atoms with Crippen LogP contribution in [0.25, 0.3) is 0 Å². The third-order valence-electron chi connectivity index (χ3n) is 4.30. The lowest BCUT2D eigenvalue weighted by atomic mass is 10.0. The molecule has 2 aromatic carbocycles. The maximum absolute atomic E-state index is 13.6. The first-order valence-electron chi connectivity index (χ1n) is 9.73. The predicted molar refractivity (Wildman–Crippen MR) is 112 cm³/mol. The van der Waals surface area contributed by atoms with Gasteiger partial charge in [-0.05, 0) is 49.7 Å². The van der Waals surface area contributed by atoms with Gasteiger partial charge in [-0.3, -0.25) is 14.4 Å². The largest absolute Gasteiger partial charge is 0.493 e. The Morgan fingerprint density at radius 2 is 1.69 bits per heavy atom. The molecule has 0 saturated heterocycles. The van der Waals surface area contributed by atoms with E-state index in [9.17, 15) is 23.2 Å². The fourth-order valence-corrected chi connectivity index (χ4v) is 2.79. The van der Waals surface area contributed by atoms with Crippen LogP contribution in [0.3, 0.4) is 0 Å². The van der Waals surface area contributed by atoms with Gasteiger partial charge in [0, 0.05) is 18.7 Å². The summed E-state index contributed by atoms with van der Waals surface area (Å²) in [5.41, 5.74) is 0.192. The van der Waals surface area contributed by atoms with Crippen LogP contribution in [0.1, 0.15) is 35.8 Å². The number of methoxy groups -OCH3 is 1. The van der Waals surface area contributed by atoms with Crippen molar-refractivity contribution in [1.29, 1.82) is 0 Å². The number of amides is 3. The van der Waals surface area contributed by atoms with Crippen LogP contribution in [0.15, 0.2) is 36.4 Å². The van der Waals surface area contributed by atoms with Crippen molar-refractivity contribution in [2.24, 2.45) is 0 Å². The van der Waals surface area contributed by atoms with Crippen molar-refractivity contribution in [3.05, 3.63) is 59.2 Å². The summed E-state index contributed by atoms with van der Waals surface area (Å²) in [6, 6.07) is 5.86. The number of likely N-dealkylation sites (N-methyl/N-ethyl adjacent to an activating group) is 1. The van der Waals surface area contributed by atoms with Gasteiger partial charge < -0.3 is 25.4 Å². The molecular formula is C22H25F2N3O5. The van der Waals surface area contributed by atoms with E-state index in [2.05, 4.69) is 16.0 Å². The summed E-state index contributed by atoms with van der Waals surface area (Å²) >= 11 is 0. The van der Waals surface area contributed by atoms with Gasteiger partial charge in [-0.15, -0.1) is 0 Å². The van der Waals surface area contributed by atoms with E-state index in [1.807, 2.05) is 13.8 Å². The molecule has 1 atom stereocenters. The Kier molecular flexibility index (Phi) is 8.51. The van der Waals surface area contributed by atoms with Gasteiger partial charge in [-0.1, -0.05) is 6.07 Å². The van der Waals surface area contributed by atoms with Crippen molar-refractivity contribution in [3.8, 4) is 11.5 Å². The van der Waals surface area contributed by atoms with E-state index in [0.29, 0.717) is 0 Å². The first kappa shape index (κ1) is 24.6. The van der Waals surface area contributed by atoms with Crippen LogP contribution >= 0.6 is 0 Å². The van der Waals surface area contributed by atoms with E-state index in [0.717, 1.165) is 12.1 Å². The fraction of sp³-hybridized carbons (Fsp3) is 0.318. The zero-order chi connectivity index (χ0) is 23.8. The van der Waals surface area contributed by atoms with E-state index < -0.39 is 29.5 Å². The first-order valence-corrected chi connectivity index (χ1v) is 9.73. The number of rotatable bonds is 9. The maximum atomic E-state index is 13.6. The van der Waals surface area contributed by atoms with Crippen molar-refractivity contribution >= 4 is 17.7 Å². The molecule has 2 aromatic rings. The molecule has 0 spiro atoms. The molecule has 0 heterocycles. The summed E-state index contributed by atoms with van der Waals surface area (Å²) < 4.78 is 37.6. The third-order valence-corrected chi connectivity index (χ3v) is 4.30. The quantitative estimate of drug-likeness (QED) is 0.544. The highest BCUT2D eigenvalue weighted by molar-refractivity contribution is 5.98. The van der Waals surface area contributed by atoms with Crippen molar-refractivity contribution in [2.75, 3.05) is 20.8 Å². The van der Waals surface area contributed by atoms with Gasteiger partial charge >= 0.3 is 0 Å². The van der Waals surface area contributed by atoms with Crippen LogP contribution in [0.2, 0.25) is 0 Å². The SMILES string of the molecule is CNC(=O)C(NC(=O)c1ccc(OCC(=O)NC(C)C)c(OC)c1)c1ccc(F)c(F)c1. The molecule has 32 heavy (non-hydrogen) atoms. The van der Waals surface area contributed by atoms with Gasteiger partial charge in [-0.25, -0.2) is 8.78 Å². The molecule has 0 aliphatic rings. The van der Waals surface area contributed by atoms with Crippen LogP contribution in [-0.2, 0) is 9.59 Å². The molecule has 3 N–H and O–H groups in total. The maximum Gasteiger partial charge on any atom is 0.258 e. The van der Waals surface area contributed by atoms with Gasteiger partial charge in [-0.2, -0.15) is 0 Å². The Hall–Kier alpha value is -3.69. The molecule has 0 saturated carbocycles. The minimum atomic E-state index is -1.26. The summed E-state index contributed by atoms with van der Waals surface area (Å²) in [5.74, 6) is -3.37. The second-order valence-electron chi connectivity index (χ2n) is 7.07. The van der Waals surface area contributed by atoms with Crippen LogP contribution in [0.4, 0.5) is 8.78 Å². The molecule has 3 amide bonds. The molecule has 0 radical (unpaired) electrons. The molecule has 2 rings (SSSR count). The van der Waals surface area contributed by atoms with Gasteiger partial charge in [0.1, 0.15) is 6.04 Å². The van der Waals surface area contributed by atoms with Crippen LogP contribution < -0.4 is 25.4 Å². The molecule has 0 fully saturated rings. The molecular weight excluding hydrogens is 424 g/mol. The van der Waals surface area contributed by atoms with Crippen LogP contribution in [-0.4, -0.2) is 44.5 Å². The van der Waals surface area contributed by atoms with E-state index in [1.54, 1.807) is 0 Å². The van der Waals surface area contributed by atoms with E-state index in [-0.39, 0.29) is 41.2 Å². The van der Waals surface area contributed by atoms with Gasteiger partial charge in [0.2, 0.25) is 5.91 Å². The summed E-state index contributed by atoms with van der Waals surface area (Å²) in [7, 11) is 2.72. The Morgan fingerprint density at radius 3 is 2.28 bits per heavy atom. The third kappa shape index (κ3) is 6.40. The Bertz CT molecular complexity index is 998. The van der Waals surface area contributed by atoms with E-state index >= 15 is 0 Å². The van der Waals surface area contributed by atoms with Crippen molar-refractivity contribution in [3.63, 3.8) is 0 Å². The number of carbonyl (C=O) groups excluding carboxylic acids is 3. The molecule has 1 unspecified atom stereocenters. The van der Waals surface area contributed by atoms with E-state index in [1.165, 1.54) is 38.4 Å². The number of hydrogen-bond donors (Lipinski definition) is 3. The van der Waals surface area contributed by atoms with Crippen LogP contribution in [0, 0.1) is 11.6 Å². The molecule has 172 valence electrons. The second kappa shape index (κ2) is 11.1. The summed E-state index contributed by atoms with van der Waals surface area (Å²) in [6.07, 6.45) is 0. The molecule has 0 aliphatic heterocycles. The van der Waals surface area contributed by atoms with Gasteiger partial charge in [0.15, 0.2) is 29.7 Å². The smallest absolute Gasteiger partial charge is 0.258 e. The minimum absolute atomic E-state index is 0.0399. The topological polar surface area (TPSA) is 106 Å². The number of ether oxygens (including phenoxy) is 2. The summed E-state index contributed by atoms with van der Waals surface area (Å²) in [5, 5.41) is 7.55. The molecule has 0 aliphatic carbocycles.